The van der Waals surface area contributed by atoms with Crippen molar-refractivity contribution in [2.75, 3.05) is 46.2 Å². The molecule has 2 rings (SSSR count). The quantitative estimate of drug-likeness (QED) is 0.394. The Labute approximate surface area is 165 Å². The minimum absolute atomic E-state index is 0.273. The predicted octanol–water partition coefficient (Wildman–Crippen LogP) is 3.67. The lowest BCUT2D eigenvalue weighted by Gasteiger charge is -2.09. The van der Waals surface area contributed by atoms with E-state index >= 15 is 0 Å². The zero-order chi connectivity index (χ0) is 20.0. The number of aromatic carboxylic acids is 1. The lowest BCUT2D eigenvalue weighted by atomic mass is 10.0. The Hall–Kier alpha value is -2.67. The molecule has 0 radical (unpaired) electrons. The average Bonchev–Trinajstić information content (AvgIpc) is 2.72. The number of carbonyl (C=O) groups is 1. The van der Waals surface area contributed by atoms with Gasteiger partial charge in [0, 0.05) is 0 Å². The summed E-state index contributed by atoms with van der Waals surface area (Å²) in [5.74, 6) is -0.174. The van der Waals surface area contributed by atoms with Crippen LogP contribution in [0.2, 0.25) is 0 Å². The van der Waals surface area contributed by atoms with Crippen LogP contribution >= 0.6 is 0 Å². The lowest BCUT2D eigenvalue weighted by Crippen LogP contribution is -2.12. The summed E-state index contributed by atoms with van der Waals surface area (Å²) in [7, 11) is 0. The number of hydrogen-bond donors (Lipinski definition) is 1. The van der Waals surface area contributed by atoms with Crippen LogP contribution in [0.5, 0.6) is 5.75 Å². The van der Waals surface area contributed by atoms with Gasteiger partial charge in [-0.25, -0.2) is 4.79 Å². The molecular weight excluding hydrogens is 360 g/mol. The van der Waals surface area contributed by atoms with E-state index in [1.54, 1.807) is 30.3 Å². The Kier molecular flexibility index (Phi) is 9.79. The number of ether oxygens (including phenoxy) is 4. The van der Waals surface area contributed by atoms with E-state index in [0.717, 1.165) is 16.9 Å². The number of rotatable bonds is 14. The molecular formula is C22H26O6. The molecule has 0 unspecified atom stereocenters. The molecule has 0 spiro atoms. The molecule has 0 heterocycles. The first-order valence-electron chi connectivity index (χ1n) is 9.11. The summed E-state index contributed by atoms with van der Waals surface area (Å²) in [5, 5.41) is 8.94. The lowest BCUT2D eigenvalue weighted by molar-refractivity contribution is 0.0135. The standard InChI is InChI=1S/C22H26O6/c1-2-11-25-12-13-26-14-15-27-16-17-28-21-9-7-19(8-10-21)18-3-5-20(6-4-18)22(23)24/h2-10H,1,11-17H2,(H,23,24). The van der Waals surface area contributed by atoms with Crippen molar-refractivity contribution in [1.29, 1.82) is 0 Å². The molecule has 0 aliphatic heterocycles. The van der Waals surface area contributed by atoms with Crippen LogP contribution in [0.4, 0.5) is 0 Å². The highest BCUT2D eigenvalue weighted by Gasteiger charge is 2.03. The van der Waals surface area contributed by atoms with Crippen molar-refractivity contribution in [2.45, 2.75) is 0 Å². The van der Waals surface area contributed by atoms with Crippen molar-refractivity contribution in [3.8, 4) is 16.9 Å². The molecule has 6 nitrogen and oxygen atoms in total. The van der Waals surface area contributed by atoms with Gasteiger partial charge < -0.3 is 24.1 Å². The monoisotopic (exact) mass is 386 g/mol. The van der Waals surface area contributed by atoms with Crippen molar-refractivity contribution in [3.05, 3.63) is 66.7 Å². The van der Waals surface area contributed by atoms with Crippen LogP contribution in [0.1, 0.15) is 10.4 Å². The predicted molar refractivity (Wildman–Crippen MR) is 107 cm³/mol. The van der Waals surface area contributed by atoms with E-state index in [2.05, 4.69) is 6.58 Å². The first-order chi connectivity index (χ1) is 13.7. The van der Waals surface area contributed by atoms with Crippen LogP contribution in [-0.4, -0.2) is 57.3 Å². The number of hydrogen-bond acceptors (Lipinski definition) is 5. The number of carboxylic acid groups (broad SMARTS) is 1. The molecule has 0 aromatic heterocycles. The fourth-order valence-electron chi connectivity index (χ4n) is 2.37. The summed E-state index contributed by atoms with van der Waals surface area (Å²) in [6.45, 7) is 7.16. The molecule has 2 aromatic rings. The third kappa shape index (κ3) is 7.92. The molecule has 6 heteroatoms. The third-order valence-electron chi connectivity index (χ3n) is 3.80. The van der Waals surface area contributed by atoms with Crippen LogP contribution in [0.3, 0.4) is 0 Å². The van der Waals surface area contributed by atoms with Crippen molar-refractivity contribution < 1.29 is 28.8 Å². The van der Waals surface area contributed by atoms with Gasteiger partial charge in [0.05, 0.1) is 45.2 Å². The summed E-state index contributed by atoms with van der Waals surface area (Å²) < 4.78 is 21.7. The van der Waals surface area contributed by atoms with Crippen molar-refractivity contribution in [1.82, 2.24) is 0 Å². The molecule has 0 bridgehead atoms. The highest BCUT2D eigenvalue weighted by atomic mass is 16.6. The van der Waals surface area contributed by atoms with E-state index in [-0.39, 0.29) is 5.56 Å². The van der Waals surface area contributed by atoms with Gasteiger partial charge in [0.15, 0.2) is 0 Å². The summed E-state index contributed by atoms with van der Waals surface area (Å²) in [5.41, 5.74) is 2.22. The Morgan fingerprint density at radius 3 is 1.82 bits per heavy atom. The van der Waals surface area contributed by atoms with Gasteiger partial charge in [-0.2, -0.15) is 0 Å². The molecule has 28 heavy (non-hydrogen) atoms. The van der Waals surface area contributed by atoms with Gasteiger partial charge in [-0.1, -0.05) is 30.3 Å². The Morgan fingerprint density at radius 2 is 1.29 bits per heavy atom. The first-order valence-corrected chi connectivity index (χ1v) is 9.11. The number of carboxylic acids is 1. The summed E-state index contributed by atoms with van der Waals surface area (Å²) in [6, 6.07) is 14.4. The van der Waals surface area contributed by atoms with Crippen molar-refractivity contribution >= 4 is 5.97 Å². The van der Waals surface area contributed by atoms with Crippen LogP contribution in [0.25, 0.3) is 11.1 Å². The second-order valence-corrected chi connectivity index (χ2v) is 5.84. The van der Waals surface area contributed by atoms with E-state index < -0.39 is 5.97 Å². The maximum absolute atomic E-state index is 10.9. The van der Waals surface area contributed by atoms with Crippen LogP contribution < -0.4 is 4.74 Å². The minimum Gasteiger partial charge on any atom is -0.491 e. The van der Waals surface area contributed by atoms with Gasteiger partial charge in [-0.05, 0) is 35.4 Å². The van der Waals surface area contributed by atoms with Crippen LogP contribution in [0.15, 0.2) is 61.2 Å². The SMILES string of the molecule is C=CCOCCOCCOCCOc1ccc(-c2ccc(C(=O)O)cc2)cc1. The van der Waals surface area contributed by atoms with Crippen LogP contribution in [-0.2, 0) is 14.2 Å². The van der Waals surface area contributed by atoms with Gasteiger partial charge in [0.1, 0.15) is 12.4 Å². The van der Waals surface area contributed by atoms with Crippen molar-refractivity contribution in [2.24, 2.45) is 0 Å². The van der Waals surface area contributed by atoms with E-state index in [0.29, 0.717) is 46.2 Å². The fourth-order valence-corrected chi connectivity index (χ4v) is 2.37. The smallest absolute Gasteiger partial charge is 0.335 e. The maximum Gasteiger partial charge on any atom is 0.335 e. The summed E-state index contributed by atoms with van der Waals surface area (Å²) >= 11 is 0. The van der Waals surface area contributed by atoms with E-state index in [1.165, 1.54) is 0 Å². The van der Waals surface area contributed by atoms with Gasteiger partial charge in [-0.3, -0.25) is 0 Å². The molecule has 0 saturated heterocycles. The molecule has 0 fully saturated rings. The Morgan fingerprint density at radius 1 is 0.786 bits per heavy atom. The normalized spacial score (nSPS) is 10.6. The third-order valence-corrected chi connectivity index (χ3v) is 3.80. The summed E-state index contributed by atoms with van der Waals surface area (Å²) in [6.07, 6.45) is 1.70. The Balaban J connectivity index is 1.60. The molecule has 1 N–H and O–H groups in total. The average molecular weight is 386 g/mol. The minimum atomic E-state index is -0.929. The second-order valence-electron chi connectivity index (χ2n) is 5.84. The Bertz CT molecular complexity index is 709. The maximum atomic E-state index is 10.9. The van der Waals surface area contributed by atoms with Crippen molar-refractivity contribution in [3.63, 3.8) is 0 Å². The highest BCUT2D eigenvalue weighted by molar-refractivity contribution is 5.88. The molecule has 150 valence electrons. The molecule has 0 saturated carbocycles. The fraction of sp³-hybridized carbons (Fsp3) is 0.318. The molecule has 0 aliphatic rings. The summed E-state index contributed by atoms with van der Waals surface area (Å²) in [4.78, 5) is 10.9. The van der Waals surface area contributed by atoms with E-state index in [1.807, 2.05) is 24.3 Å². The van der Waals surface area contributed by atoms with Gasteiger partial charge in [-0.15, -0.1) is 6.58 Å². The van der Waals surface area contributed by atoms with Crippen LogP contribution in [0, 0.1) is 0 Å². The van der Waals surface area contributed by atoms with E-state index in [9.17, 15) is 4.79 Å². The zero-order valence-corrected chi connectivity index (χ0v) is 15.8. The largest absolute Gasteiger partial charge is 0.491 e. The zero-order valence-electron chi connectivity index (χ0n) is 15.8. The second kappa shape index (κ2) is 12.7. The highest BCUT2D eigenvalue weighted by Crippen LogP contribution is 2.22. The molecule has 2 aromatic carbocycles. The molecule has 0 atom stereocenters. The van der Waals surface area contributed by atoms with Gasteiger partial charge >= 0.3 is 5.97 Å². The van der Waals surface area contributed by atoms with Gasteiger partial charge in [0.25, 0.3) is 0 Å². The number of benzene rings is 2. The van der Waals surface area contributed by atoms with Gasteiger partial charge in [0.2, 0.25) is 0 Å². The van der Waals surface area contributed by atoms with E-state index in [4.69, 9.17) is 24.1 Å². The topological polar surface area (TPSA) is 74.2 Å². The molecule has 0 aliphatic carbocycles. The first kappa shape index (κ1) is 21.6. The molecule has 0 amide bonds.